The highest BCUT2D eigenvalue weighted by molar-refractivity contribution is 5.83. The Morgan fingerprint density at radius 2 is 1.73 bits per heavy atom. The van der Waals surface area contributed by atoms with Crippen LogP contribution in [0.2, 0.25) is 0 Å². The molecule has 5 nitrogen and oxygen atoms in total. The summed E-state index contributed by atoms with van der Waals surface area (Å²) in [6, 6.07) is 17.4. The third kappa shape index (κ3) is 5.65. The van der Waals surface area contributed by atoms with Crippen molar-refractivity contribution in [2.45, 2.75) is 52.1 Å². The van der Waals surface area contributed by atoms with E-state index in [1.807, 2.05) is 75.4 Å². The van der Waals surface area contributed by atoms with Crippen LogP contribution >= 0.6 is 0 Å². The van der Waals surface area contributed by atoms with E-state index in [0.717, 1.165) is 36.3 Å². The number of ether oxygens (including phenoxy) is 3. The fourth-order valence-electron chi connectivity index (χ4n) is 4.47. The molecular formula is C28H32O5. The second kappa shape index (κ2) is 9.42. The van der Waals surface area contributed by atoms with Gasteiger partial charge in [-0.15, -0.1) is 0 Å². The molecule has 0 amide bonds. The number of rotatable bonds is 9. The molecule has 0 N–H and O–H groups in total. The van der Waals surface area contributed by atoms with Crippen molar-refractivity contribution in [1.29, 1.82) is 0 Å². The van der Waals surface area contributed by atoms with Crippen LogP contribution in [-0.4, -0.2) is 24.1 Å². The highest BCUT2D eigenvalue weighted by Gasteiger charge is 2.61. The highest BCUT2D eigenvalue weighted by atomic mass is 16.6. The molecule has 0 aromatic heterocycles. The molecule has 0 unspecified atom stereocenters. The van der Waals surface area contributed by atoms with E-state index in [-0.39, 0.29) is 34.8 Å². The van der Waals surface area contributed by atoms with Crippen LogP contribution in [0.5, 0.6) is 11.5 Å². The third-order valence-electron chi connectivity index (χ3n) is 6.87. The molecule has 4 rings (SSSR count). The van der Waals surface area contributed by atoms with Gasteiger partial charge in [-0.2, -0.15) is 0 Å². The summed E-state index contributed by atoms with van der Waals surface area (Å²) in [4.78, 5) is 24.8. The lowest BCUT2D eigenvalue weighted by molar-refractivity contribution is -0.160. The van der Waals surface area contributed by atoms with Crippen LogP contribution in [0.4, 0.5) is 0 Å². The van der Waals surface area contributed by atoms with Gasteiger partial charge in [-0.3, -0.25) is 4.79 Å². The van der Waals surface area contributed by atoms with Crippen molar-refractivity contribution >= 4 is 11.9 Å². The van der Waals surface area contributed by atoms with Gasteiger partial charge in [0, 0.05) is 12.5 Å². The van der Waals surface area contributed by atoms with E-state index in [4.69, 9.17) is 14.2 Å². The van der Waals surface area contributed by atoms with Crippen LogP contribution in [0, 0.1) is 17.3 Å². The van der Waals surface area contributed by atoms with E-state index in [1.54, 1.807) is 6.08 Å². The molecule has 33 heavy (non-hydrogen) atoms. The Morgan fingerprint density at radius 3 is 2.42 bits per heavy atom. The molecule has 2 aromatic rings. The molecule has 0 saturated heterocycles. The van der Waals surface area contributed by atoms with Gasteiger partial charge in [-0.1, -0.05) is 50.3 Å². The van der Waals surface area contributed by atoms with Crippen molar-refractivity contribution in [1.82, 2.24) is 0 Å². The SMILES string of the molecule is CC1(OC(=O)C=C[C@H]2[C@@H](C(=O)OCCc3cccc(Oc4ccccc4)c3)C2(C)C)CCC1. The average Bonchev–Trinajstić information content (AvgIpc) is 3.32. The van der Waals surface area contributed by atoms with Gasteiger partial charge in [0.05, 0.1) is 12.5 Å². The Balaban J connectivity index is 1.24. The normalized spacial score (nSPS) is 22.3. The van der Waals surface area contributed by atoms with E-state index < -0.39 is 0 Å². The summed E-state index contributed by atoms with van der Waals surface area (Å²) in [5, 5.41) is 0. The van der Waals surface area contributed by atoms with Gasteiger partial charge >= 0.3 is 11.9 Å². The van der Waals surface area contributed by atoms with Crippen molar-refractivity contribution in [3.05, 3.63) is 72.3 Å². The molecule has 0 spiro atoms. The Kier molecular flexibility index (Phi) is 6.59. The lowest BCUT2D eigenvalue weighted by Gasteiger charge is -2.37. The molecule has 174 valence electrons. The van der Waals surface area contributed by atoms with Gasteiger partial charge in [-0.25, -0.2) is 4.79 Å². The number of carbonyl (C=O) groups excluding carboxylic acids is 2. The minimum absolute atomic E-state index is 0.0191. The summed E-state index contributed by atoms with van der Waals surface area (Å²) in [5.74, 6) is 0.723. The van der Waals surface area contributed by atoms with E-state index in [9.17, 15) is 9.59 Å². The quantitative estimate of drug-likeness (QED) is 0.354. The van der Waals surface area contributed by atoms with Crippen molar-refractivity contribution < 1.29 is 23.8 Å². The zero-order chi connectivity index (χ0) is 23.5. The third-order valence-corrected chi connectivity index (χ3v) is 6.87. The van der Waals surface area contributed by atoms with Gasteiger partial charge in [0.25, 0.3) is 0 Å². The molecule has 2 fully saturated rings. The second-order valence-electron chi connectivity index (χ2n) is 9.89. The van der Waals surface area contributed by atoms with Crippen LogP contribution in [0.25, 0.3) is 0 Å². The van der Waals surface area contributed by atoms with Gasteiger partial charge in [-0.05, 0) is 67.3 Å². The van der Waals surface area contributed by atoms with Gasteiger partial charge in [0.2, 0.25) is 0 Å². The minimum atomic E-state index is -0.329. The van der Waals surface area contributed by atoms with Crippen molar-refractivity contribution in [2.75, 3.05) is 6.61 Å². The average molecular weight is 449 g/mol. The molecule has 2 aliphatic rings. The predicted molar refractivity (Wildman–Crippen MR) is 126 cm³/mol. The number of hydrogen-bond acceptors (Lipinski definition) is 5. The van der Waals surface area contributed by atoms with Crippen LogP contribution in [0.15, 0.2) is 66.7 Å². The number of benzene rings is 2. The second-order valence-corrected chi connectivity index (χ2v) is 9.89. The fourth-order valence-corrected chi connectivity index (χ4v) is 4.47. The molecule has 5 heteroatoms. The Bertz CT molecular complexity index is 1020. The van der Waals surface area contributed by atoms with E-state index in [0.29, 0.717) is 13.0 Å². The van der Waals surface area contributed by atoms with Gasteiger partial charge in [0.1, 0.15) is 17.1 Å². The first kappa shape index (κ1) is 23.1. The van der Waals surface area contributed by atoms with Gasteiger partial charge in [0.15, 0.2) is 0 Å². The Labute approximate surface area is 195 Å². The molecule has 0 heterocycles. The molecule has 2 saturated carbocycles. The first-order valence-corrected chi connectivity index (χ1v) is 11.7. The van der Waals surface area contributed by atoms with Crippen LogP contribution in [-0.2, 0) is 25.5 Å². The lowest BCUT2D eigenvalue weighted by Crippen LogP contribution is -2.38. The number of hydrogen-bond donors (Lipinski definition) is 0. The summed E-state index contributed by atoms with van der Waals surface area (Å²) in [6.45, 7) is 6.32. The van der Waals surface area contributed by atoms with Crippen molar-refractivity contribution in [3.8, 4) is 11.5 Å². The van der Waals surface area contributed by atoms with Gasteiger partial charge < -0.3 is 14.2 Å². The summed E-state index contributed by atoms with van der Waals surface area (Å²) < 4.78 is 17.0. The predicted octanol–water partition coefficient (Wildman–Crippen LogP) is 5.88. The molecule has 0 radical (unpaired) electrons. The van der Waals surface area contributed by atoms with E-state index in [2.05, 4.69) is 0 Å². The largest absolute Gasteiger partial charge is 0.465 e. The molecule has 2 aliphatic carbocycles. The van der Waals surface area contributed by atoms with Crippen LogP contribution < -0.4 is 4.74 Å². The summed E-state index contributed by atoms with van der Waals surface area (Å²) >= 11 is 0. The standard InChI is InChI=1S/C28H32O5/c1-27(2)23(13-14-24(29)33-28(3)16-8-17-28)25(27)26(30)31-18-15-20-9-7-12-22(19-20)32-21-10-5-4-6-11-21/h4-7,9-14,19,23,25H,8,15-18H2,1-3H3/t23-,25-/m0/s1. The zero-order valence-corrected chi connectivity index (χ0v) is 19.6. The molecule has 0 aliphatic heterocycles. The highest BCUT2D eigenvalue weighted by Crippen LogP contribution is 2.59. The monoisotopic (exact) mass is 448 g/mol. The Morgan fingerprint density at radius 1 is 1.00 bits per heavy atom. The topological polar surface area (TPSA) is 61.8 Å². The number of esters is 2. The van der Waals surface area contributed by atoms with E-state index >= 15 is 0 Å². The number of allylic oxidation sites excluding steroid dienone is 1. The number of para-hydroxylation sites is 1. The van der Waals surface area contributed by atoms with E-state index in [1.165, 1.54) is 6.08 Å². The molecular weight excluding hydrogens is 416 g/mol. The minimum Gasteiger partial charge on any atom is -0.465 e. The molecule has 2 atom stereocenters. The first-order valence-electron chi connectivity index (χ1n) is 11.7. The fraction of sp³-hybridized carbons (Fsp3) is 0.429. The summed E-state index contributed by atoms with van der Waals surface area (Å²) in [5.41, 5.74) is 0.495. The lowest BCUT2D eigenvalue weighted by atomic mass is 9.82. The summed E-state index contributed by atoms with van der Waals surface area (Å²) in [7, 11) is 0. The molecule has 2 aromatic carbocycles. The summed E-state index contributed by atoms with van der Waals surface area (Å²) in [6.07, 6.45) is 6.81. The van der Waals surface area contributed by atoms with Crippen molar-refractivity contribution in [3.63, 3.8) is 0 Å². The first-order chi connectivity index (χ1) is 15.8. The maximum Gasteiger partial charge on any atom is 0.330 e. The number of carbonyl (C=O) groups is 2. The maximum atomic E-state index is 12.7. The maximum absolute atomic E-state index is 12.7. The zero-order valence-electron chi connectivity index (χ0n) is 19.6. The molecule has 0 bridgehead atoms. The smallest absolute Gasteiger partial charge is 0.330 e. The van der Waals surface area contributed by atoms with Crippen LogP contribution in [0.1, 0.15) is 45.6 Å². The van der Waals surface area contributed by atoms with Crippen LogP contribution in [0.3, 0.4) is 0 Å². The Hall–Kier alpha value is -3.08. The van der Waals surface area contributed by atoms with Crippen molar-refractivity contribution in [2.24, 2.45) is 17.3 Å².